The van der Waals surface area contributed by atoms with E-state index in [0.717, 1.165) is 11.4 Å². The molecule has 0 bridgehead atoms. The molecular formula is C43H37N. The van der Waals surface area contributed by atoms with Crippen molar-refractivity contribution < 1.29 is 0 Å². The van der Waals surface area contributed by atoms with E-state index in [2.05, 4.69) is 156 Å². The molecule has 0 spiro atoms. The van der Waals surface area contributed by atoms with Crippen LogP contribution in [0.15, 0.2) is 109 Å². The van der Waals surface area contributed by atoms with E-state index in [4.69, 9.17) is 0 Å². The lowest BCUT2D eigenvalue weighted by atomic mass is 9.72. The van der Waals surface area contributed by atoms with Gasteiger partial charge in [-0.05, 0) is 102 Å². The number of hydrogen-bond donors (Lipinski definition) is 1. The van der Waals surface area contributed by atoms with Gasteiger partial charge in [-0.2, -0.15) is 0 Å². The Morgan fingerprint density at radius 2 is 0.955 bits per heavy atom. The van der Waals surface area contributed by atoms with Crippen LogP contribution in [-0.4, -0.2) is 0 Å². The minimum absolute atomic E-state index is 0.0126. The van der Waals surface area contributed by atoms with Crippen molar-refractivity contribution in [1.82, 2.24) is 0 Å². The van der Waals surface area contributed by atoms with E-state index < -0.39 is 0 Å². The fourth-order valence-corrected chi connectivity index (χ4v) is 9.01. The van der Waals surface area contributed by atoms with E-state index >= 15 is 0 Å². The molecule has 0 saturated carbocycles. The van der Waals surface area contributed by atoms with Crippen LogP contribution < -0.4 is 5.32 Å². The van der Waals surface area contributed by atoms with E-state index in [0.29, 0.717) is 0 Å². The first kappa shape index (κ1) is 25.8. The van der Waals surface area contributed by atoms with Crippen molar-refractivity contribution in [3.8, 4) is 33.4 Å². The van der Waals surface area contributed by atoms with Crippen LogP contribution in [0.25, 0.3) is 44.2 Å². The van der Waals surface area contributed by atoms with Gasteiger partial charge in [-0.15, -0.1) is 0 Å². The summed E-state index contributed by atoms with van der Waals surface area (Å²) in [6, 6.07) is 41.1. The van der Waals surface area contributed by atoms with E-state index in [1.54, 1.807) is 0 Å². The second kappa shape index (κ2) is 8.30. The Hall–Kier alpha value is -4.62. The predicted octanol–water partition coefficient (Wildman–Crippen LogP) is 11.5. The smallest absolute Gasteiger partial charge is 0.0387 e. The lowest BCUT2D eigenvalue weighted by Crippen LogP contribution is -2.24. The molecule has 9 rings (SSSR count). The van der Waals surface area contributed by atoms with E-state index in [1.165, 1.54) is 77.5 Å². The van der Waals surface area contributed by atoms with Crippen LogP contribution >= 0.6 is 0 Å². The number of nitrogens with one attached hydrogen (secondary N) is 1. The molecule has 214 valence electrons. The number of benzene rings is 6. The van der Waals surface area contributed by atoms with Crippen LogP contribution in [-0.2, 0) is 16.2 Å². The maximum atomic E-state index is 3.80. The van der Waals surface area contributed by atoms with Crippen LogP contribution in [0, 0.1) is 0 Å². The minimum atomic E-state index is -0.121. The largest absolute Gasteiger partial charge is 0.356 e. The zero-order valence-corrected chi connectivity index (χ0v) is 26.4. The standard InChI is InChI=1S/C43H37N/c1-41(2)34-14-10-9-13-29(34)30-18-16-26(23-36(30)41)44-27-17-19-31-32-20-21-33-38-28-12-8-7-11-25(28)15-22-35(38)42(3,4)40(33)39(32)43(5,6)37(31)24-27/h7-24,44H,1-6H3. The van der Waals surface area contributed by atoms with Gasteiger partial charge in [0.15, 0.2) is 0 Å². The summed E-state index contributed by atoms with van der Waals surface area (Å²) >= 11 is 0. The van der Waals surface area contributed by atoms with E-state index in [-0.39, 0.29) is 16.2 Å². The van der Waals surface area contributed by atoms with Gasteiger partial charge in [-0.25, -0.2) is 0 Å². The summed E-state index contributed by atoms with van der Waals surface area (Å²) in [6.45, 7) is 14.4. The highest BCUT2D eigenvalue weighted by Crippen LogP contribution is 2.60. The molecule has 0 unspecified atom stereocenters. The Balaban J connectivity index is 1.14. The summed E-state index contributed by atoms with van der Waals surface area (Å²) in [6.07, 6.45) is 0. The third kappa shape index (κ3) is 3.15. The average Bonchev–Trinajstić information content (AvgIpc) is 3.50. The fraction of sp³-hybridized carbons (Fsp3) is 0.209. The Kier molecular flexibility index (Phi) is 4.87. The molecule has 44 heavy (non-hydrogen) atoms. The molecule has 0 aromatic heterocycles. The molecule has 0 aliphatic heterocycles. The van der Waals surface area contributed by atoms with Gasteiger partial charge in [0.2, 0.25) is 0 Å². The first-order valence-electron chi connectivity index (χ1n) is 16.0. The van der Waals surface area contributed by atoms with Gasteiger partial charge in [0.25, 0.3) is 0 Å². The molecule has 0 radical (unpaired) electrons. The molecule has 0 amide bonds. The normalized spacial score (nSPS) is 17.0. The maximum absolute atomic E-state index is 3.80. The Labute approximate surface area is 260 Å². The van der Waals surface area contributed by atoms with Gasteiger partial charge in [0.1, 0.15) is 0 Å². The van der Waals surface area contributed by atoms with Crippen LogP contribution in [0.1, 0.15) is 74.9 Å². The summed E-state index contributed by atoms with van der Waals surface area (Å²) in [4.78, 5) is 0. The van der Waals surface area contributed by atoms with Gasteiger partial charge in [-0.1, -0.05) is 126 Å². The summed E-state index contributed by atoms with van der Waals surface area (Å²) in [5.41, 5.74) is 19.0. The monoisotopic (exact) mass is 567 g/mol. The zero-order valence-electron chi connectivity index (χ0n) is 26.4. The zero-order chi connectivity index (χ0) is 30.2. The van der Waals surface area contributed by atoms with Crippen LogP contribution in [0.2, 0.25) is 0 Å². The summed E-state index contributed by atoms with van der Waals surface area (Å²) in [5, 5.41) is 6.47. The van der Waals surface area contributed by atoms with Crippen molar-refractivity contribution in [3.63, 3.8) is 0 Å². The highest BCUT2D eigenvalue weighted by molar-refractivity contribution is 6.04. The third-order valence-electron chi connectivity index (χ3n) is 11.2. The molecule has 0 fully saturated rings. The van der Waals surface area contributed by atoms with Crippen LogP contribution in [0.4, 0.5) is 11.4 Å². The second-order valence-electron chi connectivity index (χ2n) is 14.7. The SMILES string of the molecule is CC1(C)c2ccccc2-c2ccc(Nc3ccc4c(c3)C(C)(C)c3c-4ccc4c3C(C)(C)c3ccc5ccccc5c3-4)cc21. The lowest BCUT2D eigenvalue weighted by molar-refractivity contribution is 0.601. The minimum Gasteiger partial charge on any atom is -0.356 e. The van der Waals surface area contributed by atoms with Crippen molar-refractivity contribution in [2.45, 2.75) is 57.8 Å². The van der Waals surface area contributed by atoms with Gasteiger partial charge in [0.05, 0.1) is 0 Å². The van der Waals surface area contributed by atoms with Gasteiger partial charge in [-0.3, -0.25) is 0 Å². The van der Waals surface area contributed by atoms with E-state index in [9.17, 15) is 0 Å². The predicted molar refractivity (Wildman–Crippen MR) is 186 cm³/mol. The second-order valence-corrected chi connectivity index (χ2v) is 14.7. The summed E-state index contributed by atoms with van der Waals surface area (Å²) in [5.74, 6) is 0. The van der Waals surface area contributed by atoms with Crippen molar-refractivity contribution in [2.75, 3.05) is 5.32 Å². The van der Waals surface area contributed by atoms with Gasteiger partial charge in [0, 0.05) is 27.6 Å². The molecule has 3 aliphatic carbocycles. The first-order valence-corrected chi connectivity index (χ1v) is 16.0. The molecular weight excluding hydrogens is 530 g/mol. The maximum Gasteiger partial charge on any atom is 0.0387 e. The average molecular weight is 568 g/mol. The quantitative estimate of drug-likeness (QED) is 0.219. The highest BCUT2D eigenvalue weighted by atomic mass is 14.9. The van der Waals surface area contributed by atoms with Crippen molar-refractivity contribution >= 4 is 22.1 Å². The van der Waals surface area contributed by atoms with E-state index in [1.807, 2.05) is 0 Å². The molecule has 0 atom stereocenters. The first-order chi connectivity index (χ1) is 21.1. The third-order valence-corrected chi connectivity index (χ3v) is 11.2. The Bertz CT molecular complexity index is 2230. The molecule has 6 aromatic rings. The Morgan fingerprint density at radius 1 is 0.409 bits per heavy atom. The number of hydrogen-bond acceptors (Lipinski definition) is 1. The molecule has 1 nitrogen and oxygen atoms in total. The molecule has 1 heteroatoms. The lowest BCUT2D eigenvalue weighted by Gasteiger charge is -2.30. The number of fused-ring (bicyclic) bond motifs is 12. The summed E-state index contributed by atoms with van der Waals surface area (Å²) < 4.78 is 0. The van der Waals surface area contributed by atoms with Crippen molar-refractivity contribution in [3.05, 3.63) is 143 Å². The number of rotatable bonds is 2. The van der Waals surface area contributed by atoms with Gasteiger partial charge >= 0.3 is 0 Å². The van der Waals surface area contributed by atoms with Crippen LogP contribution in [0.3, 0.4) is 0 Å². The van der Waals surface area contributed by atoms with Crippen LogP contribution in [0.5, 0.6) is 0 Å². The fourth-order valence-electron chi connectivity index (χ4n) is 9.01. The Morgan fingerprint density at radius 3 is 1.73 bits per heavy atom. The van der Waals surface area contributed by atoms with Crippen molar-refractivity contribution in [2.24, 2.45) is 0 Å². The van der Waals surface area contributed by atoms with Crippen molar-refractivity contribution in [1.29, 1.82) is 0 Å². The molecule has 1 N–H and O–H groups in total. The molecule has 0 saturated heterocycles. The highest BCUT2D eigenvalue weighted by Gasteiger charge is 2.46. The molecule has 3 aliphatic rings. The molecule has 0 heterocycles. The van der Waals surface area contributed by atoms with Gasteiger partial charge < -0.3 is 5.32 Å². The summed E-state index contributed by atoms with van der Waals surface area (Å²) in [7, 11) is 0. The topological polar surface area (TPSA) is 12.0 Å². The number of anilines is 2. The molecule has 6 aromatic carbocycles.